The average Bonchev–Trinajstić information content (AvgIpc) is 3.26. The molecule has 1 aliphatic rings. The molecular weight excluding hydrogens is 401 g/mol. The van der Waals surface area contributed by atoms with Crippen LogP contribution in [0.2, 0.25) is 0 Å². The molecule has 3 aromatic rings. The number of aromatic nitrogens is 2. The summed E-state index contributed by atoms with van der Waals surface area (Å²) in [5.41, 5.74) is 0.335. The van der Waals surface area contributed by atoms with E-state index in [0.717, 1.165) is 6.07 Å². The number of halogens is 1. The molecular formula is C18H12FN5O4S. The fourth-order valence-corrected chi connectivity index (χ4v) is 4.19. The van der Waals surface area contributed by atoms with Gasteiger partial charge in [0.25, 0.3) is 5.91 Å². The van der Waals surface area contributed by atoms with E-state index in [2.05, 4.69) is 11.1 Å². The number of nitrogens with one attached hydrogen (secondary N) is 1. The van der Waals surface area contributed by atoms with Gasteiger partial charge in [0.05, 0.1) is 23.3 Å². The van der Waals surface area contributed by atoms with Crippen molar-refractivity contribution in [2.75, 3.05) is 10.8 Å². The fraction of sp³-hybridized carbons (Fsp3) is 0.0556. The average molecular weight is 413 g/mol. The Morgan fingerprint density at radius 3 is 2.69 bits per heavy atom. The van der Waals surface area contributed by atoms with Crippen LogP contribution in [-0.2, 0) is 15.0 Å². The van der Waals surface area contributed by atoms with Crippen molar-refractivity contribution in [3.05, 3.63) is 60.3 Å². The van der Waals surface area contributed by atoms with Crippen LogP contribution in [0.25, 0.3) is 16.9 Å². The highest BCUT2D eigenvalue weighted by atomic mass is 32.2. The molecule has 4 rings (SSSR count). The molecule has 2 aromatic carbocycles. The van der Waals surface area contributed by atoms with Crippen molar-refractivity contribution in [2.24, 2.45) is 0 Å². The summed E-state index contributed by atoms with van der Waals surface area (Å²) < 4.78 is 43.0. The molecule has 1 saturated heterocycles. The van der Waals surface area contributed by atoms with Gasteiger partial charge in [0.1, 0.15) is 24.1 Å². The molecule has 2 heterocycles. The molecule has 2 N–H and O–H groups in total. The second-order valence-electron chi connectivity index (χ2n) is 6.13. The van der Waals surface area contributed by atoms with Crippen molar-refractivity contribution in [3.63, 3.8) is 0 Å². The molecule has 0 saturated carbocycles. The lowest BCUT2D eigenvalue weighted by Gasteiger charge is -2.18. The number of amides is 1. The number of phenols is 1. The number of carbonyl (C=O) groups is 1. The summed E-state index contributed by atoms with van der Waals surface area (Å²) in [7, 11) is -4.31. The fourth-order valence-electron chi connectivity index (χ4n) is 3.02. The second kappa shape index (κ2) is 6.61. The first-order chi connectivity index (χ1) is 13.8. The van der Waals surface area contributed by atoms with Crippen LogP contribution in [0.4, 0.5) is 10.1 Å². The van der Waals surface area contributed by atoms with Gasteiger partial charge in [-0.25, -0.2) is 18.4 Å². The summed E-state index contributed by atoms with van der Waals surface area (Å²) in [6, 6.07) is 11.2. The molecule has 0 spiro atoms. The molecule has 1 fully saturated rings. The molecule has 11 heteroatoms. The van der Waals surface area contributed by atoms with Crippen LogP contribution in [-0.4, -0.2) is 35.5 Å². The number of para-hydroxylation sites is 1. The lowest BCUT2D eigenvalue weighted by atomic mass is 10.1. The minimum Gasteiger partial charge on any atom is -0.506 e. The standard InChI is InChI=1S/C18H12FN5O4S/c19-17-12(5-6-15(25)18(17)24-9-16(26)22-29(24,27)28)13-8-23(10-21-13)14-4-2-1-3-11(14)7-20/h1-6,8,10,25H,9H2,(H,22,26). The predicted molar refractivity (Wildman–Crippen MR) is 99.7 cm³/mol. The maximum atomic E-state index is 15.2. The lowest BCUT2D eigenvalue weighted by Crippen LogP contribution is -2.30. The summed E-state index contributed by atoms with van der Waals surface area (Å²) in [4.78, 5) is 15.6. The number of phenolic OH excluding ortho intramolecular Hbond substituents is 1. The number of benzene rings is 2. The lowest BCUT2D eigenvalue weighted by molar-refractivity contribution is -0.117. The van der Waals surface area contributed by atoms with Crippen LogP contribution < -0.4 is 9.03 Å². The Morgan fingerprint density at radius 1 is 1.24 bits per heavy atom. The summed E-state index contributed by atoms with van der Waals surface area (Å²) in [5, 5.41) is 19.3. The Labute approximate surface area is 164 Å². The second-order valence-corrected chi connectivity index (χ2v) is 7.72. The maximum absolute atomic E-state index is 15.2. The number of hydrogen-bond donors (Lipinski definition) is 2. The van der Waals surface area contributed by atoms with E-state index in [-0.39, 0.29) is 11.3 Å². The number of anilines is 1. The number of hydrogen-bond acceptors (Lipinski definition) is 6. The highest BCUT2D eigenvalue weighted by Gasteiger charge is 2.38. The Hall–Kier alpha value is -3.91. The molecule has 0 aliphatic carbocycles. The third kappa shape index (κ3) is 3.05. The number of carbonyl (C=O) groups excluding carboxylic acids is 1. The zero-order valence-corrected chi connectivity index (χ0v) is 15.4. The normalized spacial score (nSPS) is 15.2. The van der Waals surface area contributed by atoms with E-state index in [0.29, 0.717) is 15.6 Å². The number of nitrogens with zero attached hydrogens (tertiary/aromatic N) is 4. The molecule has 146 valence electrons. The summed E-state index contributed by atoms with van der Waals surface area (Å²) in [6.07, 6.45) is 2.85. The van der Waals surface area contributed by atoms with Crippen molar-refractivity contribution in [3.8, 4) is 28.8 Å². The molecule has 9 nitrogen and oxygen atoms in total. The third-order valence-corrected chi connectivity index (χ3v) is 5.70. The minimum absolute atomic E-state index is 0.0828. The van der Waals surface area contributed by atoms with E-state index in [9.17, 15) is 23.6 Å². The van der Waals surface area contributed by atoms with E-state index in [1.165, 1.54) is 23.2 Å². The highest BCUT2D eigenvalue weighted by molar-refractivity contribution is 7.92. The van der Waals surface area contributed by atoms with E-state index in [1.54, 1.807) is 29.0 Å². The third-order valence-electron chi connectivity index (χ3n) is 4.33. The van der Waals surface area contributed by atoms with Gasteiger partial charge in [-0.3, -0.25) is 4.79 Å². The molecule has 0 radical (unpaired) electrons. The van der Waals surface area contributed by atoms with Crippen LogP contribution in [0.1, 0.15) is 5.56 Å². The number of rotatable bonds is 3. The Bertz CT molecular complexity index is 1300. The van der Waals surface area contributed by atoms with Crippen molar-refractivity contribution in [1.29, 1.82) is 5.26 Å². The summed E-state index contributed by atoms with van der Waals surface area (Å²) >= 11 is 0. The van der Waals surface area contributed by atoms with Crippen molar-refractivity contribution in [1.82, 2.24) is 14.3 Å². The smallest absolute Gasteiger partial charge is 0.326 e. The molecule has 1 aliphatic heterocycles. The number of imidazole rings is 1. The van der Waals surface area contributed by atoms with Crippen LogP contribution in [0.5, 0.6) is 5.75 Å². The molecule has 29 heavy (non-hydrogen) atoms. The Morgan fingerprint density at radius 2 is 2.00 bits per heavy atom. The van der Waals surface area contributed by atoms with Crippen LogP contribution >= 0.6 is 0 Å². The van der Waals surface area contributed by atoms with Gasteiger partial charge in [0.2, 0.25) is 0 Å². The molecule has 0 atom stereocenters. The van der Waals surface area contributed by atoms with E-state index in [1.807, 2.05) is 0 Å². The monoisotopic (exact) mass is 413 g/mol. The van der Waals surface area contributed by atoms with E-state index < -0.39 is 39.9 Å². The first-order valence-corrected chi connectivity index (χ1v) is 9.64. The topological polar surface area (TPSA) is 128 Å². The van der Waals surface area contributed by atoms with Crippen molar-refractivity contribution >= 4 is 21.8 Å². The van der Waals surface area contributed by atoms with Gasteiger partial charge in [0.15, 0.2) is 5.82 Å². The SMILES string of the molecule is N#Cc1ccccc1-n1cnc(-c2ccc(O)c(N3CC(=O)NS3(=O)=O)c2F)c1. The quantitative estimate of drug-likeness (QED) is 0.669. The molecule has 1 aromatic heterocycles. The Balaban J connectivity index is 1.81. The minimum atomic E-state index is -4.31. The summed E-state index contributed by atoms with van der Waals surface area (Å²) in [5.74, 6) is -2.53. The van der Waals surface area contributed by atoms with E-state index >= 15 is 4.39 Å². The van der Waals surface area contributed by atoms with Crippen molar-refractivity contribution < 1.29 is 22.7 Å². The van der Waals surface area contributed by atoms with Crippen LogP contribution in [0.3, 0.4) is 0 Å². The van der Waals surface area contributed by atoms with E-state index in [4.69, 9.17) is 0 Å². The maximum Gasteiger partial charge on any atom is 0.326 e. The number of aromatic hydroxyl groups is 1. The van der Waals surface area contributed by atoms with Gasteiger partial charge in [-0.05, 0) is 24.3 Å². The zero-order chi connectivity index (χ0) is 20.8. The number of nitriles is 1. The first kappa shape index (κ1) is 18.5. The van der Waals surface area contributed by atoms with Crippen LogP contribution in [0, 0.1) is 17.1 Å². The zero-order valence-electron chi connectivity index (χ0n) is 14.6. The van der Waals surface area contributed by atoms with Gasteiger partial charge in [0, 0.05) is 11.8 Å². The van der Waals surface area contributed by atoms with Crippen molar-refractivity contribution in [2.45, 2.75) is 0 Å². The predicted octanol–water partition coefficient (Wildman–Crippen LogP) is 1.44. The molecule has 0 bridgehead atoms. The first-order valence-electron chi connectivity index (χ1n) is 8.20. The van der Waals surface area contributed by atoms with Crippen LogP contribution in [0.15, 0.2) is 48.9 Å². The molecule has 1 amide bonds. The molecule has 0 unspecified atom stereocenters. The van der Waals surface area contributed by atoms with Gasteiger partial charge in [-0.15, -0.1) is 0 Å². The van der Waals surface area contributed by atoms with Gasteiger partial charge in [-0.2, -0.15) is 13.7 Å². The van der Waals surface area contributed by atoms with Gasteiger partial charge < -0.3 is 9.67 Å². The Kier molecular flexibility index (Phi) is 4.20. The highest BCUT2D eigenvalue weighted by Crippen LogP contribution is 2.38. The van der Waals surface area contributed by atoms with Gasteiger partial charge in [-0.1, -0.05) is 12.1 Å². The van der Waals surface area contributed by atoms with Gasteiger partial charge >= 0.3 is 10.2 Å². The summed E-state index contributed by atoms with van der Waals surface area (Å²) in [6.45, 7) is -0.653. The largest absolute Gasteiger partial charge is 0.506 e.